The van der Waals surface area contributed by atoms with Crippen LogP contribution in [0.4, 0.5) is 18.9 Å². The number of nitro groups is 1. The molecule has 1 saturated heterocycles. The molecule has 0 N–H and O–H groups in total. The van der Waals surface area contributed by atoms with Gasteiger partial charge in [-0.05, 0) is 38.3 Å². The molecule has 0 saturated carbocycles. The van der Waals surface area contributed by atoms with E-state index in [1.54, 1.807) is 11.8 Å². The van der Waals surface area contributed by atoms with Gasteiger partial charge in [-0.1, -0.05) is 6.92 Å². The highest BCUT2D eigenvalue weighted by Crippen LogP contribution is 2.38. The number of amides is 2. The molecule has 0 aromatic heterocycles. The van der Waals surface area contributed by atoms with Crippen molar-refractivity contribution in [1.29, 1.82) is 0 Å². The highest BCUT2D eigenvalue weighted by Gasteiger charge is 2.35. The summed E-state index contributed by atoms with van der Waals surface area (Å²) in [5, 5.41) is 10.2. The van der Waals surface area contributed by atoms with E-state index in [0.29, 0.717) is 41.2 Å². The SMILES string of the molecule is CCCS(=O)(=O)N(CCCN1CCCC1=O)C(=O)C(C)Sc1ccc(C(F)(F)F)cc1[N+](=O)[O-]. The number of hydrogen-bond donors (Lipinski definition) is 0. The van der Waals surface area contributed by atoms with Gasteiger partial charge in [0.1, 0.15) is 0 Å². The van der Waals surface area contributed by atoms with Crippen molar-refractivity contribution in [2.45, 2.75) is 55.9 Å². The molecule has 0 spiro atoms. The molecule has 0 radical (unpaired) electrons. The van der Waals surface area contributed by atoms with E-state index in [1.165, 1.54) is 6.92 Å². The monoisotopic (exact) mass is 525 g/mol. The Morgan fingerprint density at radius 1 is 1.35 bits per heavy atom. The highest BCUT2D eigenvalue weighted by molar-refractivity contribution is 8.01. The smallest absolute Gasteiger partial charge is 0.343 e. The van der Waals surface area contributed by atoms with E-state index in [1.807, 2.05) is 0 Å². The Balaban J connectivity index is 2.21. The fourth-order valence-corrected chi connectivity index (χ4v) is 6.13. The molecule has 0 aliphatic carbocycles. The van der Waals surface area contributed by atoms with Crippen molar-refractivity contribution in [3.05, 3.63) is 33.9 Å². The molecule has 1 heterocycles. The van der Waals surface area contributed by atoms with Gasteiger partial charge < -0.3 is 4.90 Å². The average Bonchev–Trinajstić information content (AvgIpc) is 3.14. The fraction of sp³-hybridized carbons (Fsp3) is 0.600. The number of carbonyl (C=O) groups excluding carboxylic acids is 2. The average molecular weight is 526 g/mol. The van der Waals surface area contributed by atoms with Crippen LogP contribution in [0.5, 0.6) is 0 Å². The van der Waals surface area contributed by atoms with Crippen molar-refractivity contribution in [2.24, 2.45) is 0 Å². The quantitative estimate of drug-likeness (QED) is 0.246. The molecule has 2 rings (SSSR count). The molecule has 34 heavy (non-hydrogen) atoms. The predicted molar refractivity (Wildman–Crippen MR) is 120 cm³/mol. The summed E-state index contributed by atoms with van der Waals surface area (Å²) in [4.78, 5) is 36.6. The Kier molecular flexibility index (Phi) is 9.34. The third kappa shape index (κ3) is 7.08. The Labute approximate surface area is 199 Å². The van der Waals surface area contributed by atoms with Crippen molar-refractivity contribution < 1.29 is 36.1 Å². The van der Waals surface area contributed by atoms with Gasteiger partial charge in [0.25, 0.3) is 5.69 Å². The first kappa shape index (κ1) is 27.9. The van der Waals surface area contributed by atoms with Crippen LogP contribution in [0.2, 0.25) is 0 Å². The van der Waals surface area contributed by atoms with E-state index in [-0.39, 0.29) is 42.5 Å². The van der Waals surface area contributed by atoms with Crippen molar-refractivity contribution in [2.75, 3.05) is 25.4 Å². The maximum atomic E-state index is 13.1. The normalized spacial score (nSPS) is 15.4. The number of sulfonamides is 1. The van der Waals surface area contributed by atoms with E-state index < -0.39 is 43.5 Å². The third-order valence-corrected chi connectivity index (χ3v) is 8.25. The minimum Gasteiger partial charge on any atom is -0.343 e. The number of rotatable bonds is 11. The second kappa shape index (κ2) is 11.4. The summed E-state index contributed by atoms with van der Waals surface area (Å²) in [6.45, 7) is 3.65. The van der Waals surface area contributed by atoms with Gasteiger partial charge in [-0.15, -0.1) is 11.8 Å². The summed E-state index contributed by atoms with van der Waals surface area (Å²) in [6.07, 6.45) is -3.16. The molecule has 2 amide bonds. The molecule has 1 aromatic rings. The van der Waals surface area contributed by atoms with Crippen molar-refractivity contribution in [1.82, 2.24) is 9.21 Å². The Morgan fingerprint density at radius 3 is 2.56 bits per heavy atom. The van der Waals surface area contributed by atoms with Crippen LogP contribution < -0.4 is 0 Å². The van der Waals surface area contributed by atoms with Crippen LogP contribution >= 0.6 is 11.8 Å². The van der Waals surface area contributed by atoms with Gasteiger partial charge in [0.05, 0.1) is 26.4 Å². The molecule has 190 valence electrons. The molecular weight excluding hydrogens is 499 g/mol. The fourth-order valence-electron chi connectivity index (χ4n) is 3.48. The first-order chi connectivity index (χ1) is 15.8. The van der Waals surface area contributed by atoms with Crippen LogP contribution in [0.15, 0.2) is 23.1 Å². The molecule has 14 heteroatoms. The van der Waals surface area contributed by atoms with Crippen LogP contribution in [-0.2, 0) is 25.8 Å². The number of nitrogens with zero attached hydrogens (tertiary/aromatic N) is 3. The lowest BCUT2D eigenvalue weighted by Gasteiger charge is -2.26. The third-order valence-electron chi connectivity index (χ3n) is 5.14. The molecule has 1 unspecified atom stereocenters. The standard InChI is InChI=1S/C20H26F3N3O6S2/c1-3-12-34(31,32)25(11-5-10-24-9-4-6-18(24)27)19(28)14(2)33-17-8-7-15(20(21,22)23)13-16(17)26(29)30/h7-8,13-14H,3-6,9-12H2,1-2H3. The zero-order valence-corrected chi connectivity index (χ0v) is 20.3. The molecule has 1 fully saturated rings. The summed E-state index contributed by atoms with van der Waals surface area (Å²) in [5.41, 5.74) is -2.03. The van der Waals surface area contributed by atoms with Gasteiger partial charge in [0, 0.05) is 32.1 Å². The molecule has 9 nitrogen and oxygen atoms in total. The summed E-state index contributed by atoms with van der Waals surface area (Å²) >= 11 is 0.618. The Bertz CT molecular complexity index is 1030. The van der Waals surface area contributed by atoms with E-state index >= 15 is 0 Å². The van der Waals surface area contributed by atoms with E-state index in [4.69, 9.17) is 0 Å². The number of halogens is 3. The topological polar surface area (TPSA) is 118 Å². The van der Waals surface area contributed by atoms with Crippen LogP contribution in [0.25, 0.3) is 0 Å². The lowest BCUT2D eigenvalue weighted by Crippen LogP contribution is -2.43. The van der Waals surface area contributed by atoms with Crippen LogP contribution in [-0.4, -0.2) is 65.0 Å². The van der Waals surface area contributed by atoms with Gasteiger partial charge in [-0.3, -0.25) is 19.7 Å². The minimum atomic E-state index is -4.78. The van der Waals surface area contributed by atoms with Crippen LogP contribution in [0.1, 0.15) is 45.1 Å². The number of hydrogen-bond acceptors (Lipinski definition) is 7. The lowest BCUT2D eigenvalue weighted by molar-refractivity contribution is -0.388. The van der Waals surface area contributed by atoms with Crippen LogP contribution in [0, 0.1) is 10.1 Å². The molecular formula is C20H26F3N3O6S2. The van der Waals surface area contributed by atoms with Crippen LogP contribution in [0.3, 0.4) is 0 Å². The maximum absolute atomic E-state index is 13.1. The molecule has 1 aromatic carbocycles. The zero-order valence-electron chi connectivity index (χ0n) is 18.7. The first-order valence-corrected chi connectivity index (χ1v) is 13.1. The highest BCUT2D eigenvalue weighted by atomic mass is 32.2. The van der Waals surface area contributed by atoms with Crippen molar-refractivity contribution in [3.8, 4) is 0 Å². The van der Waals surface area contributed by atoms with Crippen molar-refractivity contribution >= 4 is 39.3 Å². The molecule has 1 atom stereocenters. The number of carbonyl (C=O) groups is 2. The molecule has 1 aliphatic heterocycles. The molecule has 1 aliphatic rings. The molecule has 0 bridgehead atoms. The summed E-state index contributed by atoms with van der Waals surface area (Å²) < 4.78 is 65.0. The number of thioether (sulfide) groups is 1. The first-order valence-electron chi connectivity index (χ1n) is 10.6. The van der Waals surface area contributed by atoms with E-state index in [9.17, 15) is 41.3 Å². The zero-order chi connectivity index (χ0) is 25.7. The second-order valence-electron chi connectivity index (χ2n) is 7.76. The summed E-state index contributed by atoms with van der Waals surface area (Å²) in [6, 6.07) is 1.96. The predicted octanol–water partition coefficient (Wildman–Crippen LogP) is 3.68. The van der Waals surface area contributed by atoms with Gasteiger partial charge >= 0.3 is 6.18 Å². The van der Waals surface area contributed by atoms with E-state index in [2.05, 4.69) is 0 Å². The summed E-state index contributed by atoms with van der Waals surface area (Å²) in [7, 11) is -3.99. The van der Waals surface area contributed by atoms with Crippen molar-refractivity contribution in [3.63, 3.8) is 0 Å². The van der Waals surface area contributed by atoms with Gasteiger partial charge in [-0.2, -0.15) is 13.2 Å². The second-order valence-corrected chi connectivity index (χ2v) is 11.2. The largest absolute Gasteiger partial charge is 0.416 e. The van der Waals surface area contributed by atoms with Gasteiger partial charge in [-0.25, -0.2) is 12.7 Å². The van der Waals surface area contributed by atoms with Gasteiger partial charge in [0.15, 0.2) is 0 Å². The Morgan fingerprint density at radius 2 is 2.03 bits per heavy atom. The minimum absolute atomic E-state index is 0.0344. The number of nitro benzene ring substituents is 1. The lowest BCUT2D eigenvalue weighted by atomic mass is 10.2. The van der Waals surface area contributed by atoms with Gasteiger partial charge in [0.2, 0.25) is 21.8 Å². The maximum Gasteiger partial charge on any atom is 0.416 e. The summed E-state index contributed by atoms with van der Waals surface area (Å²) in [5.74, 6) is -1.16. The Hall–Kier alpha value is -2.35. The number of alkyl halides is 3. The number of likely N-dealkylation sites (tertiary alicyclic amines) is 1. The van der Waals surface area contributed by atoms with E-state index in [0.717, 1.165) is 12.5 Å². The number of benzene rings is 1.